The number of allylic oxidation sites excluding steroid dienone is 8. The fraction of sp³-hybridized carbons (Fsp3) is 0.762. The van der Waals surface area contributed by atoms with E-state index >= 15 is 0 Å². The normalized spacial score (nSPS) is 12.7. The number of ether oxygens (including phenoxy) is 1. The van der Waals surface area contributed by atoms with Crippen LogP contribution >= 0.6 is 0 Å². The minimum atomic E-state index is -0.697. The summed E-state index contributed by atoms with van der Waals surface area (Å²) < 4.78 is 6.00. The first-order valence-corrected chi connectivity index (χ1v) is 19.6. The topological polar surface area (TPSA) is 63.6 Å². The van der Waals surface area contributed by atoms with Crippen molar-refractivity contribution < 1.29 is 19.4 Å². The molecule has 0 spiro atoms. The molecule has 0 aliphatic heterocycles. The molecule has 266 valence electrons. The molecule has 0 aromatic carbocycles. The highest BCUT2D eigenvalue weighted by molar-refractivity contribution is 5.69. The molecular weight excluding hydrogens is 568 g/mol. The van der Waals surface area contributed by atoms with Crippen LogP contribution in [0.1, 0.15) is 200 Å². The van der Waals surface area contributed by atoms with Crippen LogP contribution < -0.4 is 0 Å². The molecule has 46 heavy (non-hydrogen) atoms. The third kappa shape index (κ3) is 36.4. The fourth-order valence-electron chi connectivity index (χ4n) is 5.70. The number of carboxylic acids is 1. The number of carbonyl (C=O) groups is 2. The van der Waals surface area contributed by atoms with Crippen LogP contribution in [0, 0.1) is 0 Å². The van der Waals surface area contributed by atoms with Crippen molar-refractivity contribution in [1.82, 2.24) is 0 Å². The van der Waals surface area contributed by atoms with E-state index in [1.165, 1.54) is 70.6 Å². The van der Waals surface area contributed by atoms with E-state index in [0.29, 0.717) is 6.42 Å². The quantitative estimate of drug-likeness (QED) is 0.0424. The van der Waals surface area contributed by atoms with Crippen molar-refractivity contribution in [2.75, 3.05) is 0 Å². The SMILES string of the molecule is CC/C=C\C/C=C\C/C=C\C/C=C\CCCCC(=O)OC(CCCCCCCCCCCCCC)CCCCCCCCC(=O)O. The number of hydrogen-bond acceptors (Lipinski definition) is 3. The molecule has 0 aromatic rings. The predicted octanol–water partition coefficient (Wildman–Crippen LogP) is 13.6. The monoisotopic (exact) mass is 643 g/mol. The smallest absolute Gasteiger partial charge is 0.306 e. The van der Waals surface area contributed by atoms with Gasteiger partial charge < -0.3 is 9.84 Å². The summed E-state index contributed by atoms with van der Waals surface area (Å²) in [7, 11) is 0. The van der Waals surface area contributed by atoms with E-state index in [-0.39, 0.29) is 18.5 Å². The molecule has 1 atom stereocenters. The minimum Gasteiger partial charge on any atom is -0.481 e. The first-order chi connectivity index (χ1) is 22.6. The molecule has 0 aliphatic rings. The average Bonchev–Trinajstić information content (AvgIpc) is 3.04. The van der Waals surface area contributed by atoms with Gasteiger partial charge in [0.15, 0.2) is 0 Å². The van der Waals surface area contributed by atoms with Gasteiger partial charge in [-0.15, -0.1) is 0 Å². The van der Waals surface area contributed by atoms with E-state index in [0.717, 1.165) is 103 Å². The number of carboxylic acid groups (broad SMARTS) is 1. The Balaban J connectivity index is 4.16. The number of aliphatic carboxylic acids is 1. The van der Waals surface area contributed by atoms with Crippen molar-refractivity contribution in [1.29, 1.82) is 0 Å². The summed E-state index contributed by atoms with van der Waals surface area (Å²) in [4.78, 5) is 23.3. The second kappa shape index (κ2) is 37.4. The van der Waals surface area contributed by atoms with Crippen LogP contribution in [0.4, 0.5) is 0 Å². The number of carbonyl (C=O) groups excluding carboxylic acids is 1. The number of esters is 1. The van der Waals surface area contributed by atoms with Crippen LogP contribution in [0.2, 0.25) is 0 Å². The third-order valence-corrected chi connectivity index (χ3v) is 8.57. The Hall–Kier alpha value is -2.10. The summed E-state index contributed by atoms with van der Waals surface area (Å²) in [5.74, 6) is -0.722. The Morgan fingerprint density at radius 2 is 0.913 bits per heavy atom. The van der Waals surface area contributed by atoms with Crippen LogP contribution in [0.15, 0.2) is 48.6 Å². The molecule has 1 unspecified atom stereocenters. The lowest BCUT2D eigenvalue weighted by Crippen LogP contribution is -2.18. The summed E-state index contributed by atoms with van der Waals surface area (Å²) in [5.41, 5.74) is 0. The van der Waals surface area contributed by atoms with E-state index in [9.17, 15) is 9.59 Å². The summed E-state index contributed by atoms with van der Waals surface area (Å²) >= 11 is 0. The molecular formula is C42H74O4. The predicted molar refractivity (Wildman–Crippen MR) is 199 cm³/mol. The van der Waals surface area contributed by atoms with Crippen molar-refractivity contribution in [3.63, 3.8) is 0 Å². The van der Waals surface area contributed by atoms with Gasteiger partial charge >= 0.3 is 11.9 Å². The van der Waals surface area contributed by atoms with E-state index in [2.05, 4.69) is 62.5 Å². The van der Waals surface area contributed by atoms with E-state index in [1.54, 1.807) is 0 Å². The molecule has 4 nitrogen and oxygen atoms in total. The highest BCUT2D eigenvalue weighted by atomic mass is 16.5. The maximum Gasteiger partial charge on any atom is 0.306 e. The largest absolute Gasteiger partial charge is 0.481 e. The second-order valence-corrected chi connectivity index (χ2v) is 13.1. The van der Waals surface area contributed by atoms with E-state index in [4.69, 9.17) is 9.84 Å². The van der Waals surface area contributed by atoms with Gasteiger partial charge in [-0.3, -0.25) is 9.59 Å². The van der Waals surface area contributed by atoms with Crippen LogP contribution in [-0.2, 0) is 14.3 Å². The Morgan fingerprint density at radius 3 is 1.39 bits per heavy atom. The molecule has 0 heterocycles. The molecule has 1 N–H and O–H groups in total. The van der Waals surface area contributed by atoms with Crippen LogP contribution in [0.3, 0.4) is 0 Å². The lowest BCUT2D eigenvalue weighted by Gasteiger charge is -2.18. The first kappa shape index (κ1) is 43.9. The lowest BCUT2D eigenvalue weighted by atomic mass is 10.0. The van der Waals surface area contributed by atoms with Crippen LogP contribution in [0.25, 0.3) is 0 Å². The number of unbranched alkanes of at least 4 members (excludes halogenated alkanes) is 18. The zero-order valence-electron chi connectivity index (χ0n) is 30.4. The highest BCUT2D eigenvalue weighted by Crippen LogP contribution is 2.19. The van der Waals surface area contributed by atoms with Crippen molar-refractivity contribution in [2.45, 2.75) is 206 Å². The Labute approximate surface area is 285 Å². The number of rotatable bonds is 35. The average molecular weight is 643 g/mol. The molecule has 0 aromatic heterocycles. The van der Waals surface area contributed by atoms with Gasteiger partial charge in [-0.2, -0.15) is 0 Å². The Kier molecular flexibility index (Phi) is 35.7. The van der Waals surface area contributed by atoms with Crippen molar-refractivity contribution in [3.8, 4) is 0 Å². The molecule has 0 aliphatic carbocycles. The second-order valence-electron chi connectivity index (χ2n) is 13.1. The van der Waals surface area contributed by atoms with Gasteiger partial charge in [0.05, 0.1) is 0 Å². The molecule has 0 radical (unpaired) electrons. The van der Waals surface area contributed by atoms with Gasteiger partial charge in [-0.1, -0.05) is 159 Å². The molecule has 0 bridgehead atoms. The standard InChI is InChI=1S/C42H74O4/c1-3-5-7-9-11-13-15-17-18-19-21-23-25-31-35-39-42(45)46-40(37-33-29-26-27-30-34-38-41(43)44)36-32-28-24-22-20-16-14-12-10-8-6-4-2/h5,7,11,13,17-18,21,23,40H,3-4,6,8-10,12,14-16,19-20,22,24-39H2,1-2H3,(H,43,44)/b7-5-,13-11-,18-17-,23-21-. The molecule has 0 saturated carbocycles. The Morgan fingerprint density at radius 1 is 0.500 bits per heavy atom. The molecule has 0 fully saturated rings. The minimum absolute atomic E-state index is 0.0252. The molecule has 0 amide bonds. The third-order valence-electron chi connectivity index (χ3n) is 8.57. The van der Waals surface area contributed by atoms with Gasteiger partial charge in [-0.25, -0.2) is 0 Å². The zero-order valence-corrected chi connectivity index (χ0v) is 30.4. The zero-order chi connectivity index (χ0) is 33.6. The summed E-state index contributed by atoms with van der Waals surface area (Å²) in [6, 6.07) is 0. The lowest BCUT2D eigenvalue weighted by molar-refractivity contribution is -0.150. The van der Waals surface area contributed by atoms with Gasteiger partial charge in [0.25, 0.3) is 0 Å². The van der Waals surface area contributed by atoms with Crippen LogP contribution in [0.5, 0.6) is 0 Å². The maximum atomic E-state index is 12.7. The van der Waals surface area contributed by atoms with Crippen molar-refractivity contribution >= 4 is 11.9 Å². The summed E-state index contributed by atoms with van der Waals surface area (Å²) in [5, 5.41) is 8.79. The molecule has 4 heteroatoms. The highest BCUT2D eigenvalue weighted by Gasteiger charge is 2.14. The van der Waals surface area contributed by atoms with Gasteiger partial charge in [0.1, 0.15) is 6.10 Å². The first-order valence-electron chi connectivity index (χ1n) is 19.6. The Bertz CT molecular complexity index is 779. The maximum absolute atomic E-state index is 12.7. The molecule has 0 rings (SSSR count). The molecule has 0 saturated heterocycles. The fourth-order valence-corrected chi connectivity index (χ4v) is 5.70. The van der Waals surface area contributed by atoms with Crippen molar-refractivity contribution in [2.24, 2.45) is 0 Å². The van der Waals surface area contributed by atoms with Gasteiger partial charge in [0, 0.05) is 12.8 Å². The van der Waals surface area contributed by atoms with Gasteiger partial charge in [-0.05, 0) is 77.0 Å². The summed E-state index contributed by atoms with van der Waals surface area (Å²) in [6.45, 7) is 4.43. The summed E-state index contributed by atoms with van der Waals surface area (Å²) in [6.07, 6.45) is 49.8. The van der Waals surface area contributed by atoms with Crippen molar-refractivity contribution in [3.05, 3.63) is 48.6 Å². The van der Waals surface area contributed by atoms with Crippen LogP contribution in [-0.4, -0.2) is 23.1 Å². The van der Waals surface area contributed by atoms with E-state index in [1.807, 2.05) is 0 Å². The number of hydrogen-bond donors (Lipinski definition) is 1. The van der Waals surface area contributed by atoms with E-state index < -0.39 is 5.97 Å². The van der Waals surface area contributed by atoms with Gasteiger partial charge in [0.2, 0.25) is 0 Å².